The number of aliphatic hydroxyl groups is 3. The number of carbonyl (C=O) groups excluding carboxylic acids is 1. The number of esters is 1. The molecule has 8 heteroatoms. The Kier molecular flexibility index (Phi) is 59.4. The first kappa shape index (κ1) is 60.9. The lowest BCUT2D eigenvalue weighted by molar-refractivity contribution is -0.149. The normalized spacial score (nSPS) is 12.2. The van der Waals surface area contributed by atoms with Gasteiger partial charge >= 0.3 is 5.97 Å². The molecule has 0 aliphatic rings. The van der Waals surface area contributed by atoms with Gasteiger partial charge in [-0.25, -0.2) is 0 Å². The number of hydrogen-bond acceptors (Lipinski definition) is 8. The average Bonchev–Trinajstić information content (AvgIpc) is 3.21. The number of aliphatic hydroxyl groups excluding tert-OH is 3. The molecule has 0 fully saturated rings. The van der Waals surface area contributed by atoms with Gasteiger partial charge in [-0.1, -0.05) is 169 Å². The summed E-state index contributed by atoms with van der Waals surface area (Å²) < 4.78 is 11.1. The van der Waals surface area contributed by atoms with E-state index in [1.807, 2.05) is 12.5 Å². The highest BCUT2D eigenvalue weighted by molar-refractivity contribution is 7.97. The Morgan fingerprint density at radius 3 is 1.28 bits per heavy atom. The van der Waals surface area contributed by atoms with Gasteiger partial charge in [0.25, 0.3) is 0 Å². The van der Waals surface area contributed by atoms with Crippen molar-refractivity contribution in [2.75, 3.05) is 58.6 Å². The van der Waals surface area contributed by atoms with E-state index in [1.165, 1.54) is 128 Å². The zero-order chi connectivity index (χ0) is 42.7. The molecule has 0 aromatic carbocycles. The maximum atomic E-state index is 12.8. The largest absolute Gasteiger partial charge is 0.465 e. The number of hydrogen-bond donors (Lipinski definition) is 3. The molecule has 2 unspecified atom stereocenters. The first-order chi connectivity index (χ1) is 27.9. The van der Waals surface area contributed by atoms with Crippen molar-refractivity contribution in [2.45, 2.75) is 246 Å². The lowest BCUT2D eigenvalue weighted by atomic mass is 9.94. The molecule has 0 aliphatic carbocycles. The van der Waals surface area contributed by atoms with Crippen LogP contribution in [0.1, 0.15) is 240 Å². The summed E-state index contributed by atoms with van der Waals surface area (Å²) in [5.74, 6) is 0.161. The number of carbonyl (C=O) groups is 1. The smallest absolute Gasteiger partial charge is 0.308 e. The Morgan fingerprint density at radius 1 is 0.474 bits per heavy atom. The van der Waals surface area contributed by atoms with Gasteiger partial charge in [0.2, 0.25) is 0 Å². The van der Waals surface area contributed by atoms with E-state index in [2.05, 4.69) is 32.6 Å². The van der Waals surface area contributed by atoms with Crippen LogP contribution in [0.2, 0.25) is 0 Å². The minimum Gasteiger partial charge on any atom is -0.465 e. The summed E-state index contributed by atoms with van der Waals surface area (Å²) in [6.07, 6.45) is 42.1. The number of rotatable bonds is 43. The van der Waals surface area contributed by atoms with Gasteiger partial charge in [-0.3, -0.25) is 4.79 Å². The second-order valence-electron chi connectivity index (χ2n) is 16.4. The zero-order valence-corrected chi connectivity index (χ0v) is 40.2. The molecule has 0 aliphatic heterocycles. The van der Waals surface area contributed by atoms with E-state index < -0.39 is 6.29 Å². The van der Waals surface area contributed by atoms with Crippen molar-refractivity contribution in [1.82, 2.24) is 4.90 Å². The lowest BCUT2D eigenvalue weighted by Crippen LogP contribution is -2.27. The molecule has 0 radical (unpaired) electrons. The monoisotopic (exact) mass is 834 g/mol. The first-order valence-corrected chi connectivity index (χ1v) is 26.4. The molecule has 0 bridgehead atoms. The van der Waals surface area contributed by atoms with E-state index in [1.54, 1.807) is 11.8 Å². The van der Waals surface area contributed by atoms with Crippen LogP contribution in [0.3, 0.4) is 0 Å². The van der Waals surface area contributed by atoms with E-state index in [4.69, 9.17) is 19.7 Å². The van der Waals surface area contributed by atoms with E-state index in [9.17, 15) is 9.90 Å². The van der Waals surface area contributed by atoms with Gasteiger partial charge in [0.05, 0.1) is 12.5 Å². The molecule has 0 saturated carbocycles. The second kappa shape index (κ2) is 55.6. The molecule has 346 valence electrons. The Morgan fingerprint density at radius 2 is 0.807 bits per heavy atom. The van der Waals surface area contributed by atoms with Crippen LogP contribution in [-0.4, -0.2) is 91.1 Å². The van der Waals surface area contributed by atoms with Gasteiger partial charge in [-0.05, 0) is 103 Å². The maximum absolute atomic E-state index is 12.8. The summed E-state index contributed by atoms with van der Waals surface area (Å²) in [6.45, 7) is 14.1. The summed E-state index contributed by atoms with van der Waals surface area (Å²) >= 11 is 1.75. The third-order valence-electron chi connectivity index (χ3n) is 10.6. The number of ether oxygens (including phenoxy) is 2. The van der Waals surface area contributed by atoms with Crippen LogP contribution < -0.4 is 0 Å². The molecule has 0 rings (SSSR count). The Balaban J connectivity index is -0.00000121. The SMILES string of the molecule is CCCCCCCCC(CCCCCC)C(=O)OCCCCCCN(CCCCO)CCCCCCO.CCCCCCCCOC(O)CCCCCC.CSC. The summed E-state index contributed by atoms with van der Waals surface area (Å²) in [7, 11) is 0. The predicted octanol–water partition coefficient (Wildman–Crippen LogP) is 13.7. The first-order valence-electron chi connectivity index (χ1n) is 24.7. The summed E-state index contributed by atoms with van der Waals surface area (Å²) in [6, 6.07) is 0. The van der Waals surface area contributed by atoms with Gasteiger partial charge in [-0.2, -0.15) is 11.8 Å². The molecule has 2 atom stereocenters. The van der Waals surface area contributed by atoms with Crippen LogP contribution in [-0.2, 0) is 14.3 Å². The molecule has 0 spiro atoms. The Labute approximate surface area is 361 Å². The van der Waals surface area contributed by atoms with Crippen molar-refractivity contribution >= 4 is 17.7 Å². The second-order valence-corrected chi connectivity index (χ2v) is 17.3. The number of nitrogens with zero attached hydrogens (tertiary/aromatic N) is 1. The minimum absolute atomic E-state index is 0.0568. The predicted molar refractivity (Wildman–Crippen MR) is 252 cm³/mol. The standard InChI is InChI=1S/C32H65NO4.C15H32O2.C2H6S/c1-3-5-7-9-10-16-24-31(23-15-8-6-4-2)32(36)37-30-22-14-12-18-26-33(27-19-21-29-35)25-17-11-13-20-28-34;1-3-5-7-9-10-12-14-17-15(16)13-11-8-6-4-2;1-3-2/h31,34-35H,3-30H2,1-2H3;15-16H,3-14H2,1-2H3;1-2H3. The maximum Gasteiger partial charge on any atom is 0.308 e. The quantitative estimate of drug-likeness (QED) is 0.0317. The molecule has 0 aromatic heterocycles. The molecule has 57 heavy (non-hydrogen) atoms. The Hall–Kier alpha value is -0.380. The summed E-state index contributed by atoms with van der Waals surface area (Å²) in [5, 5.41) is 27.6. The zero-order valence-electron chi connectivity index (χ0n) is 39.4. The topological polar surface area (TPSA) is 99.5 Å². The van der Waals surface area contributed by atoms with Crippen molar-refractivity contribution < 1.29 is 29.6 Å². The van der Waals surface area contributed by atoms with Crippen LogP contribution in [0, 0.1) is 5.92 Å². The van der Waals surface area contributed by atoms with E-state index in [0.29, 0.717) is 13.2 Å². The van der Waals surface area contributed by atoms with Crippen LogP contribution in [0.4, 0.5) is 0 Å². The molecule has 7 nitrogen and oxygen atoms in total. The fourth-order valence-electron chi connectivity index (χ4n) is 6.96. The highest BCUT2D eigenvalue weighted by Crippen LogP contribution is 2.21. The lowest BCUT2D eigenvalue weighted by Gasteiger charge is -2.22. The third-order valence-corrected chi connectivity index (χ3v) is 10.6. The molecule has 0 heterocycles. The number of thioether (sulfide) groups is 1. The van der Waals surface area contributed by atoms with Gasteiger partial charge in [0.1, 0.15) is 0 Å². The van der Waals surface area contributed by atoms with Gasteiger partial charge in [0.15, 0.2) is 6.29 Å². The van der Waals surface area contributed by atoms with Gasteiger partial charge in [-0.15, -0.1) is 0 Å². The fourth-order valence-corrected chi connectivity index (χ4v) is 6.96. The van der Waals surface area contributed by atoms with Crippen molar-refractivity contribution in [3.63, 3.8) is 0 Å². The van der Waals surface area contributed by atoms with Crippen molar-refractivity contribution in [3.05, 3.63) is 0 Å². The van der Waals surface area contributed by atoms with Crippen molar-refractivity contribution in [2.24, 2.45) is 5.92 Å². The molecular weight excluding hydrogens is 731 g/mol. The van der Waals surface area contributed by atoms with Crippen LogP contribution in [0.25, 0.3) is 0 Å². The van der Waals surface area contributed by atoms with Crippen LogP contribution in [0.15, 0.2) is 0 Å². The van der Waals surface area contributed by atoms with Crippen LogP contribution >= 0.6 is 11.8 Å². The van der Waals surface area contributed by atoms with Crippen molar-refractivity contribution in [3.8, 4) is 0 Å². The Bertz CT molecular complexity index is 717. The van der Waals surface area contributed by atoms with Gasteiger partial charge < -0.3 is 29.7 Å². The molecule has 0 amide bonds. The van der Waals surface area contributed by atoms with E-state index in [-0.39, 0.29) is 18.5 Å². The highest BCUT2D eigenvalue weighted by atomic mass is 32.2. The van der Waals surface area contributed by atoms with Crippen molar-refractivity contribution in [1.29, 1.82) is 0 Å². The molecule has 3 N–H and O–H groups in total. The molecule has 0 aromatic rings. The fraction of sp³-hybridized carbons (Fsp3) is 0.980. The average molecular weight is 834 g/mol. The summed E-state index contributed by atoms with van der Waals surface area (Å²) in [5.41, 5.74) is 0. The number of unbranched alkanes of at least 4 members (excludes halogenated alkanes) is 23. The van der Waals surface area contributed by atoms with E-state index >= 15 is 0 Å². The van der Waals surface area contributed by atoms with E-state index in [0.717, 1.165) is 110 Å². The molecular formula is C49H103NO6S. The third kappa shape index (κ3) is 53.6. The summed E-state index contributed by atoms with van der Waals surface area (Å²) in [4.78, 5) is 15.3. The van der Waals surface area contributed by atoms with Crippen LogP contribution in [0.5, 0.6) is 0 Å². The highest BCUT2D eigenvalue weighted by Gasteiger charge is 2.19. The minimum atomic E-state index is -0.525. The molecule has 0 saturated heterocycles. The van der Waals surface area contributed by atoms with Gasteiger partial charge in [0, 0.05) is 19.8 Å².